The summed E-state index contributed by atoms with van der Waals surface area (Å²) in [6.07, 6.45) is 1.47. The molecule has 2 rings (SSSR count). The Bertz CT molecular complexity index is 613. The third-order valence-electron chi connectivity index (χ3n) is 2.76. The molecule has 20 heavy (non-hydrogen) atoms. The van der Waals surface area contributed by atoms with E-state index in [0.717, 1.165) is 0 Å². The normalized spacial score (nSPS) is 10.1. The van der Waals surface area contributed by atoms with Crippen molar-refractivity contribution in [2.45, 2.75) is 13.8 Å². The van der Waals surface area contributed by atoms with E-state index in [-0.39, 0.29) is 11.9 Å². The van der Waals surface area contributed by atoms with Crippen molar-refractivity contribution >= 4 is 17.6 Å². The SMILES string of the molecule is CCOC(=O)c1ccc(NC(=O)c2ccoc2C)cc1. The van der Waals surface area contributed by atoms with E-state index in [1.165, 1.54) is 6.26 Å². The summed E-state index contributed by atoms with van der Waals surface area (Å²) in [5, 5.41) is 2.73. The highest BCUT2D eigenvalue weighted by molar-refractivity contribution is 6.05. The zero-order valence-corrected chi connectivity index (χ0v) is 11.3. The van der Waals surface area contributed by atoms with Crippen molar-refractivity contribution in [3.05, 3.63) is 53.5 Å². The number of anilines is 1. The molecular weight excluding hydrogens is 258 g/mol. The summed E-state index contributed by atoms with van der Waals surface area (Å²) in [4.78, 5) is 23.4. The molecule has 0 spiro atoms. The van der Waals surface area contributed by atoms with Gasteiger partial charge >= 0.3 is 5.97 Å². The molecule has 0 fully saturated rings. The quantitative estimate of drug-likeness (QED) is 0.869. The topological polar surface area (TPSA) is 68.5 Å². The zero-order valence-electron chi connectivity index (χ0n) is 11.3. The van der Waals surface area contributed by atoms with Gasteiger partial charge in [0.25, 0.3) is 5.91 Å². The fourth-order valence-electron chi connectivity index (χ4n) is 1.72. The molecule has 0 radical (unpaired) electrons. The number of carbonyl (C=O) groups is 2. The van der Waals surface area contributed by atoms with Crippen molar-refractivity contribution in [3.63, 3.8) is 0 Å². The van der Waals surface area contributed by atoms with Gasteiger partial charge in [0.15, 0.2) is 0 Å². The average molecular weight is 273 g/mol. The Morgan fingerprint density at radius 2 is 1.90 bits per heavy atom. The Morgan fingerprint density at radius 3 is 2.45 bits per heavy atom. The number of hydrogen-bond acceptors (Lipinski definition) is 4. The predicted molar refractivity (Wildman–Crippen MR) is 73.8 cm³/mol. The highest BCUT2D eigenvalue weighted by Gasteiger charge is 2.12. The molecule has 0 saturated carbocycles. The Labute approximate surface area is 116 Å². The highest BCUT2D eigenvalue weighted by atomic mass is 16.5. The van der Waals surface area contributed by atoms with Crippen LogP contribution < -0.4 is 5.32 Å². The molecule has 1 amide bonds. The number of hydrogen-bond donors (Lipinski definition) is 1. The largest absolute Gasteiger partial charge is 0.469 e. The number of carbonyl (C=O) groups excluding carboxylic acids is 2. The monoisotopic (exact) mass is 273 g/mol. The van der Waals surface area contributed by atoms with Gasteiger partial charge in [0, 0.05) is 5.69 Å². The number of esters is 1. The molecule has 104 valence electrons. The number of rotatable bonds is 4. The minimum Gasteiger partial charge on any atom is -0.469 e. The molecule has 0 bridgehead atoms. The van der Waals surface area contributed by atoms with E-state index in [1.807, 2.05) is 0 Å². The highest BCUT2D eigenvalue weighted by Crippen LogP contribution is 2.14. The first-order valence-electron chi connectivity index (χ1n) is 6.24. The lowest BCUT2D eigenvalue weighted by molar-refractivity contribution is 0.0526. The number of ether oxygens (including phenoxy) is 1. The van der Waals surface area contributed by atoms with Crippen molar-refractivity contribution in [2.75, 3.05) is 11.9 Å². The number of nitrogens with one attached hydrogen (secondary N) is 1. The van der Waals surface area contributed by atoms with Crippen molar-refractivity contribution in [2.24, 2.45) is 0 Å². The Kier molecular flexibility index (Phi) is 4.20. The third kappa shape index (κ3) is 3.06. The van der Waals surface area contributed by atoms with Crippen LogP contribution in [0.4, 0.5) is 5.69 Å². The fourth-order valence-corrected chi connectivity index (χ4v) is 1.72. The molecule has 1 aromatic heterocycles. The van der Waals surface area contributed by atoms with Crippen LogP contribution in [-0.4, -0.2) is 18.5 Å². The Balaban J connectivity index is 2.06. The van der Waals surface area contributed by atoms with E-state index in [0.29, 0.717) is 29.2 Å². The van der Waals surface area contributed by atoms with E-state index in [2.05, 4.69) is 5.32 Å². The van der Waals surface area contributed by atoms with E-state index in [9.17, 15) is 9.59 Å². The number of amides is 1. The van der Waals surface area contributed by atoms with Gasteiger partial charge in [-0.2, -0.15) is 0 Å². The van der Waals surface area contributed by atoms with Crippen molar-refractivity contribution in [3.8, 4) is 0 Å². The second kappa shape index (κ2) is 6.06. The van der Waals surface area contributed by atoms with Crippen LogP contribution >= 0.6 is 0 Å². The number of furan rings is 1. The van der Waals surface area contributed by atoms with Crippen molar-refractivity contribution in [1.29, 1.82) is 0 Å². The summed E-state index contributed by atoms with van der Waals surface area (Å²) in [7, 11) is 0. The Hall–Kier alpha value is -2.56. The summed E-state index contributed by atoms with van der Waals surface area (Å²) in [5.41, 5.74) is 1.53. The van der Waals surface area contributed by atoms with Gasteiger partial charge in [-0.3, -0.25) is 4.79 Å². The maximum Gasteiger partial charge on any atom is 0.338 e. The minimum atomic E-state index is -0.379. The Morgan fingerprint density at radius 1 is 1.20 bits per heavy atom. The van der Waals surface area contributed by atoms with Crippen LogP contribution in [0, 0.1) is 6.92 Å². The van der Waals surface area contributed by atoms with Gasteiger partial charge in [-0.1, -0.05) is 0 Å². The molecule has 1 aromatic carbocycles. The lowest BCUT2D eigenvalue weighted by Gasteiger charge is -2.06. The van der Waals surface area contributed by atoms with Crippen LogP contribution in [0.15, 0.2) is 41.0 Å². The van der Waals surface area contributed by atoms with Gasteiger partial charge in [-0.05, 0) is 44.2 Å². The lowest BCUT2D eigenvalue weighted by Crippen LogP contribution is -2.12. The van der Waals surface area contributed by atoms with Gasteiger partial charge in [0.1, 0.15) is 5.76 Å². The van der Waals surface area contributed by atoms with E-state index in [4.69, 9.17) is 9.15 Å². The van der Waals surface area contributed by atoms with Gasteiger partial charge in [-0.25, -0.2) is 4.79 Å². The fraction of sp³-hybridized carbons (Fsp3) is 0.200. The molecular formula is C15H15NO4. The van der Waals surface area contributed by atoms with Gasteiger partial charge in [0.05, 0.1) is 24.0 Å². The van der Waals surface area contributed by atoms with Crippen LogP contribution in [0.25, 0.3) is 0 Å². The molecule has 0 aliphatic carbocycles. The minimum absolute atomic E-state index is 0.250. The molecule has 0 aliphatic heterocycles. The molecule has 1 heterocycles. The predicted octanol–water partition coefficient (Wildman–Crippen LogP) is 3.02. The molecule has 0 atom stereocenters. The molecule has 1 N–H and O–H groups in total. The van der Waals surface area contributed by atoms with Crippen LogP contribution in [-0.2, 0) is 4.74 Å². The zero-order chi connectivity index (χ0) is 14.5. The summed E-state index contributed by atoms with van der Waals surface area (Å²) in [6, 6.07) is 8.13. The summed E-state index contributed by atoms with van der Waals surface area (Å²) in [5.74, 6) is -0.0677. The third-order valence-corrected chi connectivity index (χ3v) is 2.76. The summed E-state index contributed by atoms with van der Waals surface area (Å²) < 4.78 is 9.96. The summed E-state index contributed by atoms with van der Waals surface area (Å²) >= 11 is 0. The molecule has 0 saturated heterocycles. The van der Waals surface area contributed by atoms with Crippen LogP contribution in [0.3, 0.4) is 0 Å². The van der Waals surface area contributed by atoms with Crippen molar-refractivity contribution < 1.29 is 18.7 Å². The van der Waals surface area contributed by atoms with Crippen LogP contribution in [0.1, 0.15) is 33.4 Å². The maximum absolute atomic E-state index is 12.0. The smallest absolute Gasteiger partial charge is 0.338 e. The van der Waals surface area contributed by atoms with E-state index in [1.54, 1.807) is 44.2 Å². The first kappa shape index (κ1) is 13.9. The first-order chi connectivity index (χ1) is 9.61. The van der Waals surface area contributed by atoms with Crippen LogP contribution in [0.5, 0.6) is 0 Å². The number of benzene rings is 1. The molecule has 0 unspecified atom stereocenters. The first-order valence-corrected chi connectivity index (χ1v) is 6.24. The molecule has 5 heteroatoms. The molecule has 5 nitrogen and oxygen atoms in total. The second-order valence-corrected chi connectivity index (χ2v) is 4.14. The second-order valence-electron chi connectivity index (χ2n) is 4.14. The standard InChI is InChI=1S/C15H15NO4/c1-3-19-15(18)11-4-6-12(7-5-11)16-14(17)13-8-9-20-10(13)2/h4-9H,3H2,1-2H3,(H,16,17). The summed E-state index contributed by atoms with van der Waals surface area (Å²) in [6.45, 7) is 3.80. The molecule has 2 aromatic rings. The van der Waals surface area contributed by atoms with Gasteiger partial charge in [-0.15, -0.1) is 0 Å². The maximum atomic E-state index is 12.0. The number of aryl methyl sites for hydroxylation is 1. The molecule has 0 aliphatic rings. The lowest BCUT2D eigenvalue weighted by atomic mass is 10.2. The van der Waals surface area contributed by atoms with Crippen LogP contribution in [0.2, 0.25) is 0 Å². The van der Waals surface area contributed by atoms with E-state index < -0.39 is 0 Å². The average Bonchev–Trinajstić information content (AvgIpc) is 2.86. The van der Waals surface area contributed by atoms with E-state index >= 15 is 0 Å². The van der Waals surface area contributed by atoms with Crippen molar-refractivity contribution in [1.82, 2.24) is 0 Å². The van der Waals surface area contributed by atoms with Gasteiger partial charge in [0.2, 0.25) is 0 Å². The van der Waals surface area contributed by atoms with Gasteiger partial charge < -0.3 is 14.5 Å².